The van der Waals surface area contributed by atoms with E-state index in [1.54, 1.807) is 13.2 Å². The molecule has 3 N–H and O–H groups in total. The maximum Gasteiger partial charge on any atom is 0.270 e. The van der Waals surface area contributed by atoms with Gasteiger partial charge in [-0.1, -0.05) is 88.6 Å². The Bertz CT molecular complexity index is 1640. The van der Waals surface area contributed by atoms with Crippen LogP contribution >= 0.6 is 0 Å². The predicted octanol–water partition coefficient (Wildman–Crippen LogP) is 7.83. The minimum absolute atomic E-state index is 0.190. The molecule has 0 bridgehead atoms. The first-order valence-electron chi connectivity index (χ1n) is 18.7. The maximum atomic E-state index is 13.6. The smallest absolute Gasteiger partial charge is 0.270 e. The lowest BCUT2D eigenvalue weighted by atomic mass is 9.73. The number of benzene rings is 2. The largest absolute Gasteiger partial charge is 0.496 e. The van der Waals surface area contributed by atoms with Crippen molar-refractivity contribution in [2.75, 3.05) is 34.3 Å². The lowest BCUT2D eigenvalue weighted by Gasteiger charge is -2.34. The number of ether oxygens (including phenoxy) is 1. The fourth-order valence-corrected chi connectivity index (χ4v) is 7.89. The highest BCUT2D eigenvalue weighted by atomic mass is 16.6. The predicted molar refractivity (Wildman–Crippen MR) is 209 cm³/mol. The maximum absolute atomic E-state index is 13.6. The summed E-state index contributed by atoms with van der Waals surface area (Å²) in [6.07, 6.45) is 20.2. The number of hydrogen-bond acceptors (Lipinski definition) is 7. The van der Waals surface area contributed by atoms with E-state index in [1.165, 1.54) is 37.8 Å². The van der Waals surface area contributed by atoms with Gasteiger partial charge < -0.3 is 20.7 Å². The number of likely N-dealkylation sites (N-methyl/N-ethyl adjacent to an activating group) is 1. The van der Waals surface area contributed by atoms with Crippen molar-refractivity contribution in [2.24, 2.45) is 17.1 Å². The van der Waals surface area contributed by atoms with Gasteiger partial charge in [0.1, 0.15) is 5.75 Å². The van der Waals surface area contributed by atoms with E-state index in [4.69, 9.17) is 10.5 Å². The number of nitrogens with one attached hydrogen (secondary N) is 1. The molecule has 1 saturated heterocycles. The Morgan fingerprint density at radius 1 is 1.13 bits per heavy atom. The van der Waals surface area contributed by atoms with Crippen molar-refractivity contribution < 1.29 is 19.2 Å². The van der Waals surface area contributed by atoms with Gasteiger partial charge in [-0.25, -0.2) is 0 Å². The number of nitro groups is 1. The highest BCUT2D eigenvalue weighted by Crippen LogP contribution is 2.38. The first-order valence-corrected chi connectivity index (χ1v) is 18.7. The van der Waals surface area contributed by atoms with Crippen molar-refractivity contribution in [1.29, 1.82) is 0 Å². The summed E-state index contributed by atoms with van der Waals surface area (Å²) in [7, 11) is 5.43. The minimum Gasteiger partial charge on any atom is -0.496 e. The molecule has 2 aliphatic carbocycles. The van der Waals surface area contributed by atoms with Crippen LogP contribution in [0.5, 0.6) is 5.75 Å². The molecule has 282 valence electrons. The van der Waals surface area contributed by atoms with Gasteiger partial charge in [-0.15, -0.1) is 0 Å². The van der Waals surface area contributed by atoms with Crippen LogP contribution in [0.4, 0.5) is 5.69 Å². The summed E-state index contributed by atoms with van der Waals surface area (Å²) in [5.41, 5.74) is 9.37. The molecular formula is C42H59N5O5. The van der Waals surface area contributed by atoms with Crippen LogP contribution in [-0.2, 0) is 11.3 Å². The molecule has 5 rings (SSSR count). The lowest BCUT2D eigenvalue weighted by molar-refractivity contribution is -0.384. The summed E-state index contributed by atoms with van der Waals surface area (Å²) in [6.45, 7) is 8.94. The standard InChI is InChI=1S/C33H41N5O5.C9H18/c1-36(2)22-27(17-23-11-6-4-5-7-12-23)35-33(40)26-18-25(19-28(20-26)38(41)42)29-14-10-13-24(31(29)43-3)21-37-16-9-8-15-30(37)32(34)39;1-8-5-4-6-9(2,3)7-8/h4,6-7,10-14,18-20,27,30H,5,8-9,15-17,21-22H2,1-3H3,(H2,34,39)(H,35,40);8H,4-7H2,1-3H3. The van der Waals surface area contributed by atoms with Crippen molar-refractivity contribution in [1.82, 2.24) is 15.1 Å². The first kappa shape index (κ1) is 40.5. The molecule has 10 heteroatoms. The number of primary amides is 1. The highest BCUT2D eigenvalue weighted by molar-refractivity contribution is 5.97. The Morgan fingerprint density at radius 3 is 2.58 bits per heavy atom. The molecule has 2 fully saturated rings. The normalized spacial score (nSPS) is 20.6. The summed E-state index contributed by atoms with van der Waals surface area (Å²) >= 11 is 0. The number of piperidine rings is 1. The molecule has 0 spiro atoms. The topological polar surface area (TPSA) is 131 Å². The number of allylic oxidation sites excluding steroid dienone is 5. The number of carbonyl (C=O) groups excluding carboxylic acids is 2. The number of carbonyl (C=O) groups is 2. The molecule has 10 nitrogen and oxygen atoms in total. The molecule has 2 aromatic rings. The molecule has 3 atom stereocenters. The lowest BCUT2D eigenvalue weighted by Crippen LogP contribution is -2.47. The second kappa shape index (κ2) is 19.0. The van der Waals surface area contributed by atoms with Gasteiger partial charge in [-0.3, -0.25) is 24.6 Å². The van der Waals surface area contributed by atoms with Gasteiger partial charge in [0.2, 0.25) is 5.91 Å². The summed E-state index contributed by atoms with van der Waals surface area (Å²) in [5, 5.41) is 15.1. The molecule has 2 amide bonds. The average Bonchev–Trinajstić information content (AvgIpc) is 3.36. The van der Waals surface area contributed by atoms with Crippen LogP contribution in [0.3, 0.4) is 0 Å². The van der Waals surface area contributed by atoms with Gasteiger partial charge in [0.05, 0.1) is 18.1 Å². The van der Waals surface area contributed by atoms with E-state index in [1.807, 2.05) is 49.3 Å². The second-order valence-electron chi connectivity index (χ2n) is 15.7. The first-order chi connectivity index (χ1) is 24.8. The van der Waals surface area contributed by atoms with Gasteiger partial charge >= 0.3 is 0 Å². The van der Waals surface area contributed by atoms with E-state index in [0.29, 0.717) is 48.2 Å². The number of nitrogens with two attached hydrogens (primary N) is 1. The molecule has 1 heterocycles. The summed E-state index contributed by atoms with van der Waals surface area (Å²) in [4.78, 5) is 41.2. The van der Waals surface area contributed by atoms with Gasteiger partial charge in [0.15, 0.2) is 0 Å². The second-order valence-corrected chi connectivity index (χ2v) is 15.7. The van der Waals surface area contributed by atoms with Crippen molar-refractivity contribution in [2.45, 2.75) is 97.2 Å². The number of rotatable bonds is 12. The molecule has 1 aliphatic heterocycles. The molecule has 0 radical (unpaired) electrons. The third-order valence-corrected chi connectivity index (χ3v) is 10.2. The molecule has 0 aromatic heterocycles. The zero-order valence-corrected chi connectivity index (χ0v) is 32.0. The van der Waals surface area contributed by atoms with Crippen molar-refractivity contribution >= 4 is 17.5 Å². The SMILES string of the molecule is CC1CCCC(C)(C)C1.COc1c(CN2CCCCC2C(N)=O)cccc1-c1cc(C(=O)NC(CC2=CC=CCC=C2)CN(C)C)cc([N+](=O)[O-])c1. The Morgan fingerprint density at radius 2 is 1.92 bits per heavy atom. The Hall–Kier alpha value is -4.28. The van der Waals surface area contributed by atoms with E-state index < -0.39 is 10.8 Å². The van der Waals surface area contributed by atoms with E-state index in [9.17, 15) is 19.7 Å². The summed E-state index contributed by atoms with van der Waals surface area (Å²) in [5.74, 6) is 0.778. The number of amides is 2. The van der Waals surface area contributed by atoms with Crippen LogP contribution in [0.1, 0.15) is 94.5 Å². The van der Waals surface area contributed by atoms with Crippen molar-refractivity contribution in [3.63, 3.8) is 0 Å². The number of likely N-dealkylation sites (tertiary alicyclic amines) is 1. The summed E-state index contributed by atoms with van der Waals surface area (Å²) in [6, 6.07) is 9.44. The van der Waals surface area contributed by atoms with Gasteiger partial charge in [-0.05, 0) is 87.7 Å². The van der Waals surface area contributed by atoms with Crippen LogP contribution in [0.2, 0.25) is 0 Å². The Balaban J connectivity index is 0.000000585. The Kier molecular flexibility index (Phi) is 14.8. The monoisotopic (exact) mass is 713 g/mol. The van der Waals surface area contributed by atoms with Crippen LogP contribution in [0, 0.1) is 21.4 Å². The quantitative estimate of drug-likeness (QED) is 0.169. The van der Waals surface area contributed by atoms with Gasteiger partial charge in [-0.2, -0.15) is 0 Å². The number of nitrogens with zero attached hydrogens (tertiary/aromatic N) is 3. The number of hydrogen-bond donors (Lipinski definition) is 2. The van der Waals surface area contributed by atoms with E-state index in [0.717, 1.165) is 42.9 Å². The number of methoxy groups -OCH3 is 1. The fourth-order valence-electron chi connectivity index (χ4n) is 7.89. The Labute approximate surface area is 310 Å². The van der Waals surface area contributed by atoms with Crippen molar-refractivity contribution in [3.8, 4) is 16.9 Å². The van der Waals surface area contributed by atoms with E-state index in [2.05, 4.69) is 49.2 Å². The molecule has 3 aliphatic rings. The van der Waals surface area contributed by atoms with Crippen LogP contribution in [0.15, 0.2) is 72.4 Å². The molecule has 1 saturated carbocycles. The van der Waals surface area contributed by atoms with Crippen LogP contribution < -0.4 is 15.8 Å². The third-order valence-electron chi connectivity index (χ3n) is 10.2. The summed E-state index contributed by atoms with van der Waals surface area (Å²) < 4.78 is 5.83. The van der Waals surface area contributed by atoms with E-state index >= 15 is 0 Å². The van der Waals surface area contributed by atoms with Crippen LogP contribution in [-0.4, -0.2) is 72.9 Å². The molecular weight excluding hydrogens is 654 g/mol. The molecule has 3 unspecified atom stereocenters. The zero-order valence-electron chi connectivity index (χ0n) is 32.0. The van der Waals surface area contributed by atoms with Crippen molar-refractivity contribution in [3.05, 3.63) is 93.6 Å². The third kappa shape index (κ3) is 11.9. The number of nitro benzene ring substituents is 1. The average molecular weight is 714 g/mol. The zero-order chi connectivity index (χ0) is 37.8. The minimum atomic E-state index is -0.493. The van der Waals surface area contributed by atoms with E-state index in [-0.39, 0.29) is 29.2 Å². The number of non-ortho nitro benzene ring substituents is 1. The fraction of sp³-hybridized carbons (Fsp3) is 0.524. The van der Waals surface area contributed by atoms with Gasteiger partial charge in [0.25, 0.3) is 11.6 Å². The number of para-hydroxylation sites is 1. The van der Waals surface area contributed by atoms with Gasteiger partial charge in [0, 0.05) is 48.0 Å². The molecule has 2 aromatic carbocycles. The molecule has 52 heavy (non-hydrogen) atoms. The van der Waals surface area contributed by atoms with Crippen LogP contribution in [0.25, 0.3) is 11.1 Å². The highest BCUT2D eigenvalue weighted by Gasteiger charge is 2.29.